The van der Waals surface area contributed by atoms with Crippen molar-refractivity contribution < 1.29 is 14.4 Å². The highest BCUT2D eigenvalue weighted by Gasteiger charge is 2.30. The fraction of sp³-hybridized carbons (Fsp3) is 0.0968. The number of oxime groups is 1. The number of esters is 1. The first-order chi connectivity index (χ1) is 17.2. The van der Waals surface area contributed by atoms with Crippen molar-refractivity contribution in [2.24, 2.45) is 5.16 Å². The van der Waals surface area contributed by atoms with Crippen LogP contribution in [0.25, 0.3) is 23.3 Å². The van der Waals surface area contributed by atoms with Gasteiger partial charge in [0.2, 0.25) is 6.10 Å². The lowest BCUT2D eigenvalue weighted by Crippen LogP contribution is -2.23. The summed E-state index contributed by atoms with van der Waals surface area (Å²) in [6, 6.07) is 36.5. The number of hydrogen-bond donors (Lipinski definition) is 0. The Bertz CT molecular complexity index is 1330. The summed E-state index contributed by atoms with van der Waals surface area (Å²) in [6.07, 6.45) is 3.88. The average molecular weight is 460 g/mol. The van der Waals surface area contributed by atoms with E-state index in [2.05, 4.69) is 53.7 Å². The molecule has 4 heteroatoms. The van der Waals surface area contributed by atoms with Crippen molar-refractivity contribution in [3.05, 3.63) is 131 Å². The molecule has 0 spiro atoms. The van der Waals surface area contributed by atoms with E-state index in [0.29, 0.717) is 6.42 Å². The molecule has 1 aliphatic rings. The minimum Gasteiger partial charge on any atom is -0.458 e. The van der Waals surface area contributed by atoms with Gasteiger partial charge in [-0.1, -0.05) is 127 Å². The van der Waals surface area contributed by atoms with Gasteiger partial charge in [-0.15, -0.1) is 0 Å². The molecule has 0 N–H and O–H groups in total. The smallest absolute Gasteiger partial charge is 0.350 e. The third-order valence-electron chi connectivity index (χ3n) is 5.89. The van der Waals surface area contributed by atoms with Crippen molar-refractivity contribution in [1.82, 2.24) is 0 Å². The summed E-state index contributed by atoms with van der Waals surface area (Å²) in [6.45, 7) is 0.199. The molecule has 0 aromatic heterocycles. The van der Waals surface area contributed by atoms with Crippen molar-refractivity contribution >= 4 is 23.8 Å². The fourth-order valence-electron chi connectivity index (χ4n) is 3.89. The van der Waals surface area contributed by atoms with Gasteiger partial charge in [-0.2, -0.15) is 0 Å². The summed E-state index contributed by atoms with van der Waals surface area (Å²) in [5, 5.41) is 4.05. The number of ether oxygens (including phenoxy) is 1. The Balaban J connectivity index is 1.11. The number of carbonyl (C=O) groups excluding carboxylic acids is 1. The molecular weight excluding hydrogens is 434 g/mol. The molecule has 0 aliphatic carbocycles. The summed E-state index contributed by atoms with van der Waals surface area (Å²) >= 11 is 0. The predicted octanol–water partition coefficient (Wildman–Crippen LogP) is 6.76. The first kappa shape index (κ1) is 22.4. The second-order valence-corrected chi connectivity index (χ2v) is 8.37. The maximum Gasteiger partial charge on any atom is 0.350 e. The first-order valence-electron chi connectivity index (χ1n) is 11.6. The SMILES string of the molecule is O=C(OCc1ccc(/C=C/c2ccc(-c3ccccc3)cc2)cc1)C1CC(c2ccccc2)=NO1. The molecule has 0 bridgehead atoms. The van der Waals surface area contributed by atoms with Crippen LogP contribution >= 0.6 is 0 Å². The third kappa shape index (κ3) is 5.74. The van der Waals surface area contributed by atoms with Crippen LogP contribution in [0, 0.1) is 0 Å². The minimum absolute atomic E-state index is 0.199. The highest BCUT2D eigenvalue weighted by Crippen LogP contribution is 2.21. The number of benzene rings is 4. The lowest BCUT2D eigenvalue weighted by atomic mass is 10.0. The molecule has 0 amide bonds. The van der Waals surface area contributed by atoms with Gasteiger partial charge >= 0.3 is 5.97 Å². The Morgan fingerprint density at radius 1 is 0.743 bits per heavy atom. The van der Waals surface area contributed by atoms with E-state index in [1.165, 1.54) is 11.1 Å². The van der Waals surface area contributed by atoms with Gasteiger partial charge in [0, 0.05) is 6.42 Å². The van der Waals surface area contributed by atoms with E-state index in [1.807, 2.05) is 72.8 Å². The molecular formula is C31H25NO3. The molecule has 1 heterocycles. The van der Waals surface area contributed by atoms with Gasteiger partial charge < -0.3 is 9.57 Å². The highest BCUT2D eigenvalue weighted by molar-refractivity contribution is 6.03. The van der Waals surface area contributed by atoms with Crippen LogP contribution < -0.4 is 0 Å². The number of nitrogens with zero attached hydrogens (tertiary/aromatic N) is 1. The first-order valence-corrected chi connectivity index (χ1v) is 11.6. The van der Waals surface area contributed by atoms with Crippen LogP contribution in [0.1, 0.15) is 28.7 Å². The fourth-order valence-corrected chi connectivity index (χ4v) is 3.89. The van der Waals surface area contributed by atoms with Crippen molar-refractivity contribution in [1.29, 1.82) is 0 Å². The molecule has 5 rings (SSSR count). The van der Waals surface area contributed by atoms with Crippen molar-refractivity contribution in [3.8, 4) is 11.1 Å². The average Bonchev–Trinajstić information content (AvgIpc) is 3.43. The van der Waals surface area contributed by atoms with Crippen molar-refractivity contribution in [3.63, 3.8) is 0 Å². The van der Waals surface area contributed by atoms with Gasteiger partial charge in [-0.05, 0) is 33.4 Å². The summed E-state index contributed by atoms with van der Waals surface area (Å²) in [7, 11) is 0. The lowest BCUT2D eigenvalue weighted by molar-refractivity contribution is -0.156. The second-order valence-electron chi connectivity index (χ2n) is 8.37. The zero-order valence-electron chi connectivity index (χ0n) is 19.2. The zero-order chi connectivity index (χ0) is 23.9. The van der Waals surface area contributed by atoms with Gasteiger partial charge in [-0.25, -0.2) is 4.79 Å². The standard InChI is InChI=1S/C31H25NO3/c33-31(30-21-29(32-35-30)28-9-5-2-6-10-28)34-22-25-15-13-23(14-16-25)11-12-24-17-19-27(20-18-24)26-7-3-1-4-8-26/h1-20,30H,21-22H2/b12-11+. The van der Waals surface area contributed by atoms with E-state index in [-0.39, 0.29) is 6.61 Å². The van der Waals surface area contributed by atoms with Crippen LogP contribution in [0.15, 0.2) is 114 Å². The molecule has 4 nitrogen and oxygen atoms in total. The highest BCUT2D eigenvalue weighted by atomic mass is 16.7. The maximum absolute atomic E-state index is 12.4. The quantitative estimate of drug-likeness (QED) is 0.227. The molecule has 0 radical (unpaired) electrons. The third-order valence-corrected chi connectivity index (χ3v) is 5.89. The van der Waals surface area contributed by atoms with E-state index >= 15 is 0 Å². The molecule has 0 saturated heterocycles. The largest absolute Gasteiger partial charge is 0.458 e. The van der Waals surface area contributed by atoms with Gasteiger partial charge in [0.15, 0.2) is 0 Å². The van der Waals surface area contributed by atoms with E-state index in [0.717, 1.165) is 28.0 Å². The van der Waals surface area contributed by atoms with E-state index in [4.69, 9.17) is 9.57 Å². The Labute approximate surface area is 205 Å². The lowest BCUT2D eigenvalue weighted by Gasteiger charge is -2.09. The second kappa shape index (κ2) is 10.7. The maximum atomic E-state index is 12.4. The van der Waals surface area contributed by atoms with E-state index in [1.54, 1.807) is 0 Å². The van der Waals surface area contributed by atoms with E-state index < -0.39 is 12.1 Å². The Morgan fingerprint density at radius 3 is 1.91 bits per heavy atom. The summed E-state index contributed by atoms with van der Waals surface area (Å²) in [5.74, 6) is -0.400. The van der Waals surface area contributed by atoms with Gasteiger partial charge in [0.05, 0.1) is 5.71 Å². The molecule has 4 aromatic rings. The molecule has 1 atom stereocenters. The summed E-state index contributed by atoms with van der Waals surface area (Å²) in [4.78, 5) is 17.7. The predicted molar refractivity (Wildman–Crippen MR) is 140 cm³/mol. The summed E-state index contributed by atoms with van der Waals surface area (Å²) < 4.78 is 5.46. The molecule has 0 fully saturated rings. The minimum atomic E-state index is -0.694. The van der Waals surface area contributed by atoms with Crippen LogP contribution in [0.5, 0.6) is 0 Å². The number of carbonyl (C=O) groups is 1. The van der Waals surface area contributed by atoms with Crippen LogP contribution in [0.2, 0.25) is 0 Å². The molecule has 35 heavy (non-hydrogen) atoms. The Morgan fingerprint density at radius 2 is 1.29 bits per heavy atom. The van der Waals surface area contributed by atoms with Gasteiger partial charge in [0.25, 0.3) is 0 Å². The topological polar surface area (TPSA) is 47.9 Å². The molecule has 172 valence electrons. The van der Waals surface area contributed by atoms with Crippen LogP contribution in [-0.2, 0) is 21.0 Å². The number of rotatable bonds is 7. The van der Waals surface area contributed by atoms with Crippen LogP contribution in [0.3, 0.4) is 0 Å². The molecule has 1 aliphatic heterocycles. The van der Waals surface area contributed by atoms with Crippen LogP contribution in [-0.4, -0.2) is 17.8 Å². The van der Waals surface area contributed by atoms with Crippen molar-refractivity contribution in [2.45, 2.75) is 19.1 Å². The van der Waals surface area contributed by atoms with Gasteiger partial charge in [-0.3, -0.25) is 0 Å². The van der Waals surface area contributed by atoms with Crippen molar-refractivity contribution in [2.75, 3.05) is 0 Å². The normalized spacial score (nSPS) is 15.0. The van der Waals surface area contributed by atoms with E-state index in [9.17, 15) is 4.79 Å². The Kier molecular flexibility index (Phi) is 6.81. The summed E-state index contributed by atoms with van der Waals surface area (Å²) in [5.41, 5.74) is 7.26. The zero-order valence-corrected chi connectivity index (χ0v) is 19.2. The monoisotopic (exact) mass is 459 g/mol. The Hall–Kier alpha value is -4.44. The van der Waals surface area contributed by atoms with Crippen LogP contribution in [0.4, 0.5) is 0 Å². The molecule has 4 aromatic carbocycles. The molecule has 0 saturated carbocycles. The van der Waals surface area contributed by atoms with Gasteiger partial charge in [0.1, 0.15) is 6.61 Å². The molecule has 1 unspecified atom stereocenters. The number of hydrogen-bond acceptors (Lipinski definition) is 4.